The van der Waals surface area contributed by atoms with Gasteiger partial charge in [-0.2, -0.15) is 0 Å². The van der Waals surface area contributed by atoms with Crippen molar-refractivity contribution in [1.82, 2.24) is 4.98 Å². The minimum Gasteiger partial charge on any atom is -0.368 e. The zero-order valence-electron chi connectivity index (χ0n) is 8.46. The first-order valence-electron chi connectivity index (χ1n) is 4.49. The van der Waals surface area contributed by atoms with Crippen molar-refractivity contribution >= 4 is 11.9 Å². The van der Waals surface area contributed by atoms with E-state index in [1.807, 2.05) is 13.1 Å². The maximum Gasteiger partial charge on any atom is 0.129 e. The normalized spacial score (nSPS) is 10.2. The van der Waals surface area contributed by atoms with Crippen LogP contribution >= 0.6 is 0 Å². The molecule has 0 fully saturated rings. The number of pyridine rings is 1. The molecule has 0 aliphatic heterocycles. The lowest BCUT2D eigenvalue weighted by atomic mass is 10.2. The van der Waals surface area contributed by atoms with Crippen LogP contribution < -0.4 is 5.32 Å². The van der Waals surface area contributed by atoms with Crippen LogP contribution in [0.5, 0.6) is 0 Å². The zero-order valence-corrected chi connectivity index (χ0v) is 8.46. The van der Waals surface area contributed by atoms with E-state index in [1.165, 1.54) is 0 Å². The van der Waals surface area contributed by atoms with Crippen LogP contribution in [0.3, 0.4) is 0 Å². The SMILES string of the molecule is C=Cc1cnc(NC(C)C)c(C)c1. The number of aromatic nitrogens is 1. The van der Waals surface area contributed by atoms with Crippen molar-refractivity contribution in [2.75, 3.05) is 5.32 Å². The molecule has 0 spiro atoms. The van der Waals surface area contributed by atoms with Gasteiger partial charge in [-0.15, -0.1) is 0 Å². The van der Waals surface area contributed by atoms with E-state index in [2.05, 4.69) is 36.8 Å². The third kappa shape index (κ3) is 2.58. The van der Waals surface area contributed by atoms with Gasteiger partial charge in [0.05, 0.1) is 0 Å². The minimum atomic E-state index is 0.417. The van der Waals surface area contributed by atoms with Gasteiger partial charge < -0.3 is 5.32 Å². The molecule has 0 saturated carbocycles. The summed E-state index contributed by atoms with van der Waals surface area (Å²) < 4.78 is 0. The van der Waals surface area contributed by atoms with Gasteiger partial charge in [-0.3, -0.25) is 0 Å². The van der Waals surface area contributed by atoms with Crippen LogP contribution in [-0.4, -0.2) is 11.0 Å². The number of aryl methyl sites for hydroxylation is 1. The maximum atomic E-state index is 4.31. The molecule has 0 aliphatic carbocycles. The van der Waals surface area contributed by atoms with Crippen LogP contribution in [-0.2, 0) is 0 Å². The summed E-state index contributed by atoms with van der Waals surface area (Å²) in [7, 11) is 0. The third-order valence-corrected chi connectivity index (χ3v) is 1.76. The number of nitrogens with one attached hydrogen (secondary N) is 1. The third-order valence-electron chi connectivity index (χ3n) is 1.76. The van der Waals surface area contributed by atoms with Crippen LogP contribution in [0.25, 0.3) is 6.08 Å². The molecule has 0 bridgehead atoms. The summed E-state index contributed by atoms with van der Waals surface area (Å²) in [6, 6.07) is 2.49. The van der Waals surface area contributed by atoms with E-state index in [0.717, 1.165) is 16.9 Å². The number of hydrogen-bond acceptors (Lipinski definition) is 2. The van der Waals surface area contributed by atoms with Gasteiger partial charge in [-0.25, -0.2) is 4.98 Å². The molecule has 0 aromatic carbocycles. The second-order valence-electron chi connectivity index (χ2n) is 3.44. The van der Waals surface area contributed by atoms with Crippen molar-refractivity contribution in [3.63, 3.8) is 0 Å². The molecular weight excluding hydrogens is 160 g/mol. The lowest BCUT2D eigenvalue weighted by Gasteiger charge is -2.11. The molecule has 70 valence electrons. The number of anilines is 1. The highest BCUT2D eigenvalue weighted by atomic mass is 15.0. The van der Waals surface area contributed by atoms with Crippen molar-refractivity contribution in [3.05, 3.63) is 30.0 Å². The largest absolute Gasteiger partial charge is 0.368 e. The number of hydrogen-bond donors (Lipinski definition) is 1. The first-order valence-corrected chi connectivity index (χ1v) is 4.49. The fourth-order valence-electron chi connectivity index (χ4n) is 1.13. The Morgan fingerprint density at radius 2 is 2.23 bits per heavy atom. The molecule has 2 heteroatoms. The van der Waals surface area contributed by atoms with Gasteiger partial charge in [0.25, 0.3) is 0 Å². The highest BCUT2D eigenvalue weighted by molar-refractivity contribution is 5.53. The highest BCUT2D eigenvalue weighted by Gasteiger charge is 2.00. The molecule has 0 amide bonds. The van der Waals surface area contributed by atoms with E-state index in [0.29, 0.717) is 6.04 Å². The molecule has 0 radical (unpaired) electrons. The van der Waals surface area contributed by atoms with E-state index in [9.17, 15) is 0 Å². The fourth-order valence-corrected chi connectivity index (χ4v) is 1.13. The Morgan fingerprint density at radius 3 is 2.69 bits per heavy atom. The van der Waals surface area contributed by atoms with E-state index < -0.39 is 0 Å². The van der Waals surface area contributed by atoms with Crippen LogP contribution in [0.15, 0.2) is 18.8 Å². The van der Waals surface area contributed by atoms with Crippen molar-refractivity contribution in [1.29, 1.82) is 0 Å². The summed E-state index contributed by atoms with van der Waals surface area (Å²) in [4.78, 5) is 4.31. The lowest BCUT2D eigenvalue weighted by molar-refractivity contribution is 0.886. The van der Waals surface area contributed by atoms with E-state index in [1.54, 1.807) is 6.08 Å². The molecule has 0 atom stereocenters. The molecular formula is C11H16N2. The molecule has 1 heterocycles. The fraction of sp³-hybridized carbons (Fsp3) is 0.364. The van der Waals surface area contributed by atoms with Crippen molar-refractivity contribution in [3.8, 4) is 0 Å². The summed E-state index contributed by atoms with van der Waals surface area (Å²) in [5.74, 6) is 0.959. The summed E-state index contributed by atoms with van der Waals surface area (Å²) in [5, 5.41) is 3.28. The molecule has 0 unspecified atom stereocenters. The van der Waals surface area contributed by atoms with Crippen LogP contribution in [0.1, 0.15) is 25.0 Å². The Hall–Kier alpha value is -1.31. The topological polar surface area (TPSA) is 24.9 Å². The van der Waals surface area contributed by atoms with Crippen molar-refractivity contribution in [2.45, 2.75) is 26.8 Å². The summed E-state index contributed by atoms with van der Waals surface area (Å²) >= 11 is 0. The molecule has 1 aromatic heterocycles. The second-order valence-corrected chi connectivity index (χ2v) is 3.44. The zero-order chi connectivity index (χ0) is 9.84. The molecule has 1 rings (SSSR count). The lowest BCUT2D eigenvalue weighted by Crippen LogP contribution is -2.12. The first kappa shape index (κ1) is 9.78. The quantitative estimate of drug-likeness (QED) is 0.766. The average Bonchev–Trinajstić information content (AvgIpc) is 2.08. The monoisotopic (exact) mass is 176 g/mol. The van der Waals surface area contributed by atoms with Gasteiger partial charge in [0.15, 0.2) is 0 Å². The Balaban J connectivity index is 2.91. The molecule has 0 aliphatic rings. The van der Waals surface area contributed by atoms with Crippen LogP contribution in [0.4, 0.5) is 5.82 Å². The standard InChI is InChI=1S/C11H16N2/c1-5-10-6-9(4)11(12-7-10)13-8(2)3/h5-8H,1H2,2-4H3,(H,12,13). The molecule has 2 nitrogen and oxygen atoms in total. The Kier molecular flexibility index (Phi) is 3.07. The predicted octanol–water partition coefficient (Wildman–Crippen LogP) is 2.85. The first-order chi connectivity index (χ1) is 6.13. The van der Waals surface area contributed by atoms with Gasteiger partial charge in [-0.1, -0.05) is 12.7 Å². The predicted molar refractivity (Wildman–Crippen MR) is 57.8 cm³/mol. The maximum absolute atomic E-state index is 4.31. The van der Waals surface area contributed by atoms with E-state index >= 15 is 0 Å². The smallest absolute Gasteiger partial charge is 0.129 e. The van der Waals surface area contributed by atoms with Gasteiger partial charge in [0.2, 0.25) is 0 Å². The molecule has 0 saturated heterocycles. The van der Waals surface area contributed by atoms with Gasteiger partial charge in [0, 0.05) is 12.2 Å². The Labute approximate surface area is 79.7 Å². The van der Waals surface area contributed by atoms with E-state index in [-0.39, 0.29) is 0 Å². The molecule has 1 N–H and O–H groups in total. The van der Waals surface area contributed by atoms with E-state index in [4.69, 9.17) is 0 Å². The molecule has 1 aromatic rings. The highest BCUT2D eigenvalue weighted by Crippen LogP contribution is 2.14. The number of nitrogens with zero attached hydrogens (tertiary/aromatic N) is 1. The number of rotatable bonds is 3. The second kappa shape index (κ2) is 4.08. The summed E-state index contributed by atoms with van der Waals surface area (Å²) in [5.41, 5.74) is 2.22. The Morgan fingerprint density at radius 1 is 1.54 bits per heavy atom. The van der Waals surface area contributed by atoms with Gasteiger partial charge in [-0.05, 0) is 38.0 Å². The Bertz CT molecular complexity index is 303. The van der Waals surface area contributed by atoms with Crippen LogP contribution in [0.2, 0.25) is 0 Å². The minimum absolute atomic E-state index is 0.417. The van der Waals surface area contributed by atoms with Crippen molar-refractivity contribution in [2.24, 2.45) is 0 Å². The van der Waals surface area contributed by atoms with Crippen molar-refractivity contribution < 1.29 is 0 Å². The van der Waals surface area contributed by atoms with Crippen LogP contribution in [0, 0.1) is 6.92 Å². The average molecular weight is 176 g/mol. The van der Waals surface area contributed by atoms with Gasteiger partial charge in [0.1, 0.15) is 5.82 Å². The summed E-state index contributed by atoms with van der Waals surface area (Å²) in [6.07, 6.45) is 3.63. The molecule has 13 heavy (non-hydrogen) atoms. The summed E-state index contributed by atoms with van der Waals surface area (Å²) in [6.45, 7) is 9.95. The van der Waals surface area contributed by atoms with Gasteiger partial charge >= 0.3 is 0 Å².